The maximum Gasteiger partial charge on any atom is 0.255 e. The van der Waals surface area contributed by atoms with Crippen molar-refractivity contribution in [2.75, 3.05) is 10.6 Å². The zero-order valence-electron chi connectivity index (χ0n) is 17.0. The van der Waals surface area contributed by atoms with Gasteiger partial charge in [0.2, 0.25) is 5.95 Å². The number of anilines is 2. The number of rotatable bonds is 4. The molecule has 1 aromatic carbocycles. The molecule has 0 aliphatic carbocycles. The number of hydrogen-bond acceptors (Lipinski definition) is 6. The molecule has 0 radical (unpaired) electrons. The van der Waals surface area contributed by atoms with Crippen LogP contribution in [0.25, 0.3) is 11.4 Å². The topological polar surface area (TPSA) is 97.6 Å². The second-order valence-corrected chi connectivity index (χ2v) is 7.64. The lowest BCUT2D eigenvalue weighted by Crippen LogP contribution is -2.31. The number of benzene rings is 1. The normalized spacial score (nSPS) is 15.1. The Balaban J connectivity index is 1.61. The number of amides is 1. The van der Waals surface area contributed by atoms with Crippen LogP contribution in [0.1, 0.15) is 18.5 Å². The number of carbonyl (C=O) groups is 1. The molecule has 1 amide bonds. The van der Waals surface area contributed by atoms with Gasteiger partial charge in [0.25, 0.3) is 5.91 Å². The maximum atomic E-state index is 13.4. The number of allylic oxidation sites excluding steroid dienone is 1. The molecule has 158 valence electrons. The van der Waals surface area contributed by atoms with E-state index in [2.05, 4.69) is 25.6 Å². The summed E-state index contributed by atoms with van der Waals surface area (Å²) in [6.07, 6.45) is 6.66. The van der Waals surface area contributed by atoms with Gasteiger partial charge in [0, 0.05) is 29.9 Å². The summed E-state index contributed by atoms with van der Waals surface area (Å²) in [5.74, 6) is 0.718. The molecular weight excluding hydrogens is 426 g/mol. The largest absolute Gasteiger partial charge is 0.328 e. The van der Waals surface area contributed by atoms with Crippen LogP contribution in [0.5, 0.6) is 0 Å². The Bertz CT molecular complexity index is 1320. The molecule has 0 fully saturated rings. The molecule has 4 heterocycles. The van der Waals surface area contributed by atoms with Crippen LogP contribution in [0.15, 0.2) is 84.6 Å². The average molecular weight is 444 g/mol. The number of nitrogens with one attached hydrogen (secondary N) is 2. The van der Waals surface area contributed by atoms with E-state index in [1.54, 1.807) is 47.7 Å². The summed E-state index contributed by atoms with van der Waals surface area (Å²) >= 11 is 6.37. The summed E-state index contributed by atoms with van der Waals surface area (Å²) in [7, 11) is 0. The van der Waals surface area contributed by atoms with Crippen molar-refractivity contribution in [2.24, 2.45) is 0 Å². The molecule has 0 spiro atoms. The zero-order chi connectivity index (χ0) is 22.1. The first-order valence-electron chi connectivity index (χ1n) is 9.92. The zero-order valence-corrected chi connectivity index (χ0v) is 17.8. The fraction of sp³-hybridized carbons (Fsp3) is 0.0870. The third kappa shape index (κ3) is 3.61. The van der Waals surface area contributed by atoms with Gasteiger partial charge in [-0.05, 0) is 42.8 Å². The van der Waals surface area contributed by atoms with E-state index in [-0.39, 0.29) is 5.91 Å². The Labute approximate surface area is 189 Å². The van der Waals surface area contributed by atoms with Crippen molar-refractivity contribution < 1.29 is 4.79 Å². The summed E-state index contributed by atoms with van der Waals surface area (Å²) in [6.45, 7) is 1.84. The Hall–Kier alpha value is -4.04. The van der Waals surface area contributed by atoms with E-state index in [0.717, 1.165) is 5.56 Å². The summed E-state index contributed by atoms with van der Waals surface area (Å²) in [5, 5.41) is 11.4. The molecule has 3 aromatic heterocycles. The highest BCUT2D eigenvalue weighted by molar-refractivity contribution is 6.33. The number of halogens is 1. The Morgan fingerprint density at radius 1 is 1.06 bits per heavy atom. The lowest BCUT2D eigenvalue weighted by molar-refractivity contribution is -0.113. The van der Waals surface area contributed by atoms with Gasteiger partial charge in [0.05, 0.1) is 22.5 Å². The van der Waals surface area contributed by atoms with Gasteiger partial charge in [0.1, 0.15) is 6.04 Å². The van der Waals surface area contributed by atoms with Gasteiger partial charge < -0.3 is 10.6 Å². The second kappa shape index (κ2) is 8.24. The minimum absolute atomic E-state index is 0.266. The van der Waals surface area contributed by atoms with Gasteiger partial charge in [0.15, 0.2) is 5.82 Å². The minimum Gasteiger partial charge on any atom is -0.328 e. The molecular formula is C23H18ClN7O. The van der Waals surface area contributed by atoms with Crippen LogP contribution < -0.4 is 10.6 Å². The highest BCUT2D eigenvalue weighted by Crippen LogP contribution is 2.37. The second-order valence-electron chi connectivity index (χ2n) is 7.23. The van der Waals surface area contributed by atoms with E-state index in [1.807, 2.05) is 37.3 Å². The van der Waals surface area contributed by atoms with E-state index >= 15 is 0 Å². The molecule has 0 saturated heterocycles. The summed E-state index contributed by atoms with van der Waals surface area (Å²) < 4.78 is 1.70. The van der Waals surface area contributed by atoms with Crippen LogP contribution in [0, 0.1) is 0 Å². The van der Waals surface area contributed by atoms with Gasteiger partial charge in [-0.25, -0.2) is 4.68 Å². The third-order valence-corrected chi connectivity index (χ3v) is 5.46. The monoisotopic (exact) mass is 443 g/mol. The molecule has 1 unspecified atom stereocenters. The van der Waals surface area contributed by atoms with E-state index in [9.17, 15) is 4.79 Å². The molecule has 5 rings (SSSR count). The number of carbonyl (C=O) groups excluding carboxylic acids is 1. The van der Waals surface area contributed by atoms with E-state index < -0.39 is 6.04 Å². The average Bonchev–Trinajstić information content (AvgIpc) is 3.23. The quantitative estimate of drug-likeness (QED) is 0.487. The Kier molecular flexibility index (Phi) is 5.12. The number of aromatic nitrogens is 5. The molecule has 1 atom stereocenters. The summed E-state index contributed by atoms with van der Waals surface area (Å²) in [4.78, 5) is 26.3. The van der Waals surface area contributed by atoms with Crippen molar-refractivity contribution in [3.63, 3.8) is 0 Å². The lowest BCUT2D eigenvalue weighted by atomic mass is 9.96. The van der Waals surface area contributed by atoms with Crippen LogP contribution >= 0.6 is 11.6 Å². The number of pyridine rings is 2. The van der Waals surface area contributed by atoms with Crippen molar-refractivity contribution in [3.05, 3.63) is 95.2 Å². The predicted octanol–water partition coefficient (Wildman–Crippen LogP) is 4.32. The van der Waals surface area contributed by atoms with Gasteiger partial charge in [-0.15, -0.1) is 5.10 Å². The maximum absolute atomic E-state index is 13.4. The molecule has 1 aliphatic rings. The molecule has 2 N–H and O–H groups in total. The van der Waals surface area contributed by atoms with Gasteiger partial charge in [-0.2, -0.15) is 4.98 Å². The minimum atomic E-state index is -0.527. The SMILES string of the molecule is CC1=C(C(=O)Nc2cccnc2)C(c2cccnc2)n2nc(-c3ccccc3Cl)nc2N1. The highest BCUT2D eigenvalue weighted by atomic mass is 35.5. The molecule has 0 bridgehead atoms. The van der Waals surface area contributed by atoms with Crippen molar-refractivity contribution in [1.29, 1.82) is 0 Å². The molecule has 32 heavy (non-hydrogen) atoms. The Morgan fingerprint density at radius 3 is 2.56 bits per heavy atom. The fourth-order valence-corrected chi connectivity index (χ4v) is 3.90. The third-order valence-electron chi connectivity index (χ3n) is 5.13. The van der Waals surface area contributed by atoms with Crippen LogP contribution in [0.4, 0.5) is 11.6 Å². The summed E-state index contributed by atoms with van der Waals surface area (Å²) in [5.41, 5.74) is 3.29. The number of fused-ring (bicyclic) bond motifs is 1. The lowest BCUT2D eigenvalue weighted by Gasteiger charge is -2.28. The highest BCUT2D eigenvalue weighted by Gasteiger charge is 2.34. The van der Waals surface area contributed by atoms with E-state index in [4.69, 9.17) is 16.7 Å². The van der Waals surface area contributed by atoms with Gasteiger partial charge in [-0.1, -0.05) is 29.8 Å². The first kappa shape index (κ1) is 19.9. The predicted molar refractivity (Wildman–Crippen MR) is 122 cm³/mol. The molecule has 4 aromatic rings. The first-order chi connectivity index (χ1) is 15.6. The Morgan fingerprint density at radius 2 is 1.84 bits per heavy atom. The van der Waals surface area contributed by atoms with Crippen molar-refractivity contribution in [2.45, 2.75) is 13.0 Å². The van der Waals surface area contributed by atoms with Crippen LogP contribution in [0.3, 0.4) is 0 Å². The molecule has 0 saturated carbocycles. The van der Waals surface area contributed by atoms with Crippen LogP contribution in [-0.4, -0.2) is 30.6 Å². The van der Waals surface area contributed by atoms with E-state index in [1.165, 1.54) is 0 Å². The van der Waals surface area contributed by atoms with Crippen LogP contribution in [0.2, 0.25) is 5.02 Å². The molecule has 9 heteroatoms. The summed E-state index contributed by atoms with van der Waals surface area (Å²) in [6, 6.07) is 14.1. The van der Waals surface area contributed by atoms with E-state index in [0.29, 0.717) is 39.3 Å². The van der Waals surface area contributed by atoms with Gasteiger partial charge in [-0.3, -0.25) is 14.8 Å². The molecule has 1 aliphatic heterocycles. The number of nitrogens with zero attached hydrogens (tertiary/aromatic N) is 5. The smallest absolute Gasteiger partial charge is 0.255 e. The van der Waals surface area contributed by atoms with Crippen molar-refractivity contribution in [1.82, 2.24) is 24.7 Å². The first-order valence-corrected chi connectivity index (χ1v) is 10.3. The van der Waals surface area contributed by atoms with Crippen molar-refractivity contribution in [3.8, 4) is 11.4 Å². The number of hydrogen-bond donors (Lipinski definition) is 2. The fourth-order valence-electron chi connectivity index (χ4n) is 3.68. The van der Waals surface area contributed by atoms with Crippen molar-refractivity contribution >= 4 is 29.1 Å². The van der Waals surface area contributed by atoms with Crippen LogP contribution in [-0.2, 0) is 4.79 Å². The van der Waals surface area contributed by atoms with Gasteiger partial charge >= 0.3 is 0 Å². The molecule has 8 nitrogen and oxygen atoms in total. The standard InChI is InChI=1S/C23H18ClN7O/c1-14-19(22(32)28-16-7-5-11-26-13-16)20(15-6-4-10-25-12-15)31-23(27-14)29-21(30-31)17-8-2-3-9-18(17)24/h2-13,20H,1H3,(H,28,32)(H,27,29,30).